The number of rotatable bonds is 2. The molecule has 0 saturated heterocycles. The Bertz CT molecular complexity index is 517. The molecule has 2 aromatic rings. The molecule has 0 spiro atoms. The Morgan fingerprint density at radius 1 is 1.22 bits per heavy atom. The topological polar surface area (TPSA) is 12.9 Å². The van der Waals surface area contributed by atoms with Crippen molar-refractivity contribution in [3.05, 3.63) is 50.9 Å². The summed E-state index contributed by atoms with van der Waals surface area (Å²) in [6.07, 6.45) is 0.820. The van der Waals surface area contributed by atoms with Crippen molar-refractivity contribution in [1.29, 1.82) is 0 Å². The van der Waals surface area contributed by atoms with Gasteiger partial charge in [-0.1, -0.05) is 50.6 Å². The van der Waals surface area contributed by atoms with Gasteiger partial charge in [-0.2, -0.15) is 0 Å². The Labute approximate surface area is 128 Å². The highest BCUT2D eigenvalue weighted by atomic mass is 79.9. The molecular weight excluding hydrogens is 330 g/mol. The van der Waals surface area contributed by atoms with Gasteiger partial charge in [0.15, 0.2) is 0 Å². The van der Waals surface area contributed by atoms with Crippen molar-refractivity contribution in [3.63, 3.8) is 0 Å². The first-order valence-electron chi connectivity index (χ1n) is 5.65. The molecular formula is C14H17BrClNS. The zero-order valence-corrected chi connectivity index (χ0v) is 14.0. The molecule has 0 unspecified atom stereocenters. The fraction of sp³-hybridized carbons (Fsp3) is 0.357. The van der Waals surface area contributed by atoms with Crippen LogP contribution in [0, 0.1) is 0 Å². The minimum absolute atomic E-state index is 0. The third-order valence-electron chi connectivity index (χ3n) is 2.62. The molecule has 0 aliphatic rings. The van der Waals surface area contributed by atoms with Crippen molar-refractivity contribution in [2.75, 3.05) is 0 Å². The van der Waals surface area contributed by atoms with Crippen molar-refractivity contribution in [1.82, 2.24) is 4.98 Å². The van der Waals surface area contributed by atoms with Crippen molar-refractivity contribution in [2.45, 2.75) is 32.6 Å². The van der Waals surface area contributed by atoms with E-state index in [2.05, 4.69) is 37.2 Å². The minimum atomic E-state index is 0. The zero-order valence-electron chi connectivity index (χ0n) is 10.7. The molecule has 1 aromatic carbocycles. The highest BCUT2D eigenvalue weighted by molar-refractivity contribution is 8.93. The molecule has 1 nitrogen and oxygen atoms in total. The lowest BCUT2D eigenvalue weighted by Crippen LogP contribution is -2.11. The van der Waals surface area contributed by atoms with Gasteiger partial charge in [0.05, 0.1) is 10.7 Å². The van der Waals surface area contributed by atoms with Crippen LogP contribution in [0.4, 0.5) is 0 Å². The Hall–Kier alpha value is -0.380. The predicted molar refractivity (Wildman–Crippen MR) is 85.4 cm³/mol. The van der Waals surface area contributed by atoms with Gasteiger partial charge >= 0.3 is 0 Å². The van der Waals surface area contributed by atoms with Crippen LogP contribution in [0.3, 0.4) is 0 Å². The van der Waals surface area contributed by atoms with Crippen molar-refractivity contribution < 1.29 is 0 Å². The SMILES string of the molecule is Br.CC(C)(C)c1csc(Cc2ccccc2Cl)n1. The second kappa shape index (κ2) is 6.18. The van der Waals surface area contributed by atoms with Crippen LogP contribution in [0.5, 0.6) is 0 Å². The van der Waals surface area contributed by atoms with E-state index in [0.29, 0.717) is 0 Å². The molecule has 0 aliphatic heterocycles. The molecule has 0 fully saturated rings. The number of hydrogen-bond donors (Lipinski definition) is 0. The van der Waals surface area contributed by atoms with Crippen molar-refractivity contribution in [3.8, 4) is 0 Å². The molecule has 0 atom stereocenters. The standard InChI is InChI=1S/C14H16ClNS.BrH/c1-14(2,3)12-9-17-13(16-12)8-10-6-4-5-7-11(10)15;/h4-7,9H,8H2,1-3H3;1H. The molecule has 1 heterocycles. The number of aromatic nitrogens is 1. The second-order valence-corrected chi connectivity index (χ2v) is 6.49. The molecule has 0 radical (unpaired) electrons. The molecule has 0 amide bonds. The van der Waals surface area contributed by atoms with Crippen LogP contribution >= 0.6 is 39.9 Å². The Morgan fingerprint density at radius 3 is 2.44 bits per heavy atom. The number of nitrogens with zero attached hydrogens (tertiary/aromatic N) is 1. The molecule has 18 heavy (non-hydrogen) atoms. The van der Waals surface area contributed by atoms with E-state index in [1.54, 1.807) is 11.3 Å². The summed E-state index contributed by atoms with van der Waals surface area (Å²) in [7, 11) is 0. The fourth-order valence-electron chi connectivity index (χ4n) is 1.54. The van der Waals surface area contributed by atoms with Crippen LogP contribution in [0.15, 0.2) is 29.6 Å². The molecule has 4 heteroatoms. The first-order chi connectivity index (χ1) is 7.97. The van der Waals surface area contributed by atoms with Crippen LogP contribution in [0.25, 0.3) is 0 Å². The third kappa shape index (κ3) is 3.81. The Morgan fingerprint density at radius 2 is 1.89 bits per heavy atom. The largest absolute Gasteiger partial charge is 0.245 e. The van der Waals surface area contributed by atoms with Gasteiger partial charge in [-0.25, -0.2) is 4.98 Å². The molecule has 98 valence electrons. The maximum Gasteiger partial charge on any atom is 0.0972 e. The summed E-state index contributed by atoms with van der Waals surface area (Å²) in [5.41, 5.74) is 2.42. The summed E-state index contributed by atoms with van der Waals surface area (Å²) < 4.78 is 0. The first-order valence-corrected chi connectivity index (χ1v) is 6.91. The summed E-state index contributed by atoms with van der Waals surface area (Å²) in [5.74, 6) is 0. The Balaban J connectivity index is 0.00000162. The van der Waals surface area contributed by atoms with E-state index in [1.807, 2.05) is 18.2 Å². The summed E-state index contributed by atoms with van der Waals surface area (Å²) in [5, 5.41) is 4.09. The normalized spacial score (nSPS) is 11.1. The minimum Gasteiger partial charge on any atom is -0.245 e. The van der Waals surface area contributed by atoms with Gasteiger partial charge in [0.1, 0.15) is 0 Å². The van der Waals surface area contributed by atoms with E-state index in [9.17, 15) is 0 Å². The van der Waals surface area contributed by atoms with E-state index >= 15 is 0 Å². The summed E-state index contributed by atoms with van der Waals surface area (Å²) in [6, 6.07) is 7.95. The van der Waals surface area contributed by atoms with Crippen LogP contribution in [0.1, 0.15) is 37.0 Å². The smallest absolute Gasteiger partial charge is 0.0972 e. The number of hydrogen-bond acceptors (Lipinski definition) is 2. The molecule has 0 saturated carbocycles. The molecule has 0 N–H and O–H groups in total. The van der Waals surface area contributed by atoms with Crippen molar-refractivity contribution in [2.24, 2.45) is 0 Å². The molecule has 2 rings (SSSR count). The van der Waals surface area contributed by atoms with Gasteiger partial charge in [-0.3, -0.25) is 0 Å². The quantitative estimate of drug-likeness (QED) is 0.722. The third-order valence-corrected chi connectivity index (χ3v) is 3.84. The van der Waals surface area contributed by atoms with E-state index in [0.717, 1.165) is 27.7 Å². The summed E-state index contributed by atoms with van der Waals surface area (Å²) in [6.45, 7) is 6.55. The molecule has 0 aliphatic carbocycles. The van der Waals surface area contributed by atoms with Gasteiger partial charge in [-0.15, -0.1) is 28.3 Å². The van der Waals surface area contributed by atoms with E-state index in [4.69, 9.17) is 11.6 Å². The lowest BCUT2D eigenvalue weighted by molar-refractivity contribution is 0.571. The Kier molecular flexibility index (Phi) is 5.38. The van der Waals surface area contributed by atoms with Gasteiger partial charge in [0.25, 0.3) is 0 Å². The lowest BCUT2D eigenvalue weighted by Gasteiger charge is -2.14. The van der Waals surface area contributed by atoms with E-state index < -0.39 is 0 Å². The second-order valence-electron chi connectivity index (χ2n) is 5.14. The van der Waals surface area contributed by atoms with Crippen LogP contribution in [-0.4, -0.2) is 4.98 Å². The lowest BCUT2D eigenvalue weighted by atomic mass is 9.93. The summed E-state index contributed by atoms with van der Waals surface area (Å²) >= 11 is 7.86. The average Bonchev–Trinajstić information content (AvgIpc) is 2.69. The molecule has 1 aromatic heterocycles. The highest BCUT2D eigenvalue weighted by Gasteiger charge is 2.17. The average molecular weight is 347 g/mol. The predicted octanol–water partition coefficient (Wildman–Crippen LogP) is 5.26. The monoisotopic (exact) mass is 345 g/mol. The van der Waals surface area contributed by atoms with Gasteiger partial charge in [0.2, 0.25) is 0 Å². The van der Waals surface area contributed by atoms with Crippen molar-refractivity contribution >= 4 is 39.9 Å². The van der Waals surface area contributed by atoms with E-state index in [-0.39, 0.29) is 22.4 Å². The highest BCUT2D eigenvalue weighted by Crippen LogP contribution is 2.26. The number of thiazole rings is 1. The van der Waals surface area contributed by atoms with Crippen LogP contribution in [0.2, 0.25) is 5.02 Å². The van der Waals surface area contributed by atoms with E-state index in [1.165, 1.54) is 0 Å². The first kappa shape index (κ1) is 15.7. The fourth-order valence-corrected chi connectivity index (χ4v) is 2.79. The zero-order chi connectivity index (χ0) is 12.5. The maximum atomic E-state index is 6.15. The van der Waals surface area contributed by atoms with Gasteiger partial charge in [0, 0.05) is 22.2 Å². The van der Waals surface area contributed by atoms with Gasteiger partial charge in [-0.05, 0) is 11.6 Å². The maximum absolute atomic E-state index is 6.15. The van der Waals surface area contributed by atoms with Gasteiger partial charge < -0.3 is 0 Å². The molecule has 0 bridgehead atoms. The number of benzene rings is 1. The van der Waals surface area contributed by atoms with Crippen LogP contribution < -0.4 is 0 Å². The van der Waals surface area contributed by atoms with Crippen LogP contribution in [-0.2, 0) is 11.8 Å². The number of halogens is 2. The summed E-state index contributed by atoms with van der Waals surface area (Å²) in [4.78, 5) is 4.68.